The average Bonchev–Trinajstić information content (AvgIpc) is 3.33. The van der Waals surface area contributed by atoms with Crippen LogP contribution < -0.4 is 9.80 Å². The lowest BCUT2D eigenvalue weighted by Gasteiger charge is -2.28. The van der Waals surface area contributed by atoms with Crippen molar-refractivity contribution < 1.29 is 19.8 Å². The number of nitrogens with zero attached hydrogens (tertiary/aromatic N) is 2. The van der Waals surface area contributed by atoms with Crippen molar-refractivity contribution in [3.05, 3.63) is 242 Å². The number of anilines is 6. The standard InChI is InChI=1S/C56H40N2O4/c59-55(60)53-51(39-19-7-1-8-20-39)49(41-31-35-47(36-32-41)57(43-23-11-3-12-24-43)44-25-13-4-14-26-44)50(52(54(53)56(61)62)40-21-9-2-10-22-40)42-33-37-48(38-34-42)58(45-27-15-5-16-28-45)46-29-17-6-18-30-46/h1-38H,(H,59,60)(H,61,62). The summed E-state index contributed by atoms with van der Waals surface area (Å²) in [7, 11) is 0. The van der Waals surface area contributed by atoms with Crippen molar-refractivity contribution in [1.29, 1.82) is 0 Å². The zero-order valence-electron chi connectivity index (χ0n) is 33.5. The highest BCUT2D eigenvalue weighted by Crippen LogP contribution is 2.51. The van der Waals surface area contributed by atoms with E-state index in [1.54, 1.807) is 0 Å². The first-order chi connectivity index (χ1) is 30.5. The van der Waals surface area contributed by atoms with Gasteiger partial charge in [0.15, 0.2) is 0 Å². The molecule has 0 radical (unpaired) electrons. The highest BCUT2D eigenvalue weighted by Gasteiger charge is 2.33. The van der Waals surface area contributed by atoms with Crippen LogP contribution in [-0.4, -0.2) is 22.2 Å². The largest absolute Gasteiger partial charge is 0.478 e. The van der Waals surface area contributed by atoms with Crippen LogP contribution in [0.5, 0.6) is 0 Å². The van der Waals surface area contributed by atoms with Gasteiger partial charge in [0.1, 0.15) is 0 Å². The number of carbonyl (C=O) groups is 2. The topological polar surface area (TPSA) is 81.1 Å². The zero-order chi connectivity index (χ0) is 42.4. The average molecular weight is 805 g/mol. The first-order valence-corrected chi connectivity index (χ1v) is 20.3. The molecule has 9 aromatic carbocycles. The zero-order valence-corrected chi connectivity index (χ0v) is 33.5. The molecule has 62 heavy (non-hydrogen) atoms. The highest BCUT2D eigenvalue weighted by atomic mass is 16.4. The van der Waals surface area contributed by atoms with Gasteiger partial charge in [-0.25, -0.2) is 9.59 Å². The Kier molecular flexibility index (Phi) is 10.9. The third kappa shape index (κ3) is 7.60. The molecule has 0 atom stereocenters. The number of para-hydroxylation sites is 4. The summed E-state index contributed by atoms with van der Waals surface area (Å²) in [6.07, 6.45) is 0. The summed E-state index contributed by atoms with van der Waals surface area (Å²) in [5.41, 5.74) is 9.57. The Hall–Kier alpha value is -8.48. The molecule has 0 amide bonds. The summed E-state index contributed by atoms with van der Waals surface area (Å²) in [6, 6.07) is 75.0. The lowest BCUT2D eigenvalue weighted by Crippen LogP contribution is -2.15. The van der Waals surface area contributed by atoms with E-state index in [4.69, 9.17) is 0 Å². The SMILES string of the molecule is O=C(O)c1c(C(=O)O)c(-c2ccccc2)c(-c2ccc(N(c3ccccc3)c3ccccc3)cc2)c(-c2ccc(N(c3ccccc3)c3ccccc3)cc2)c1-c1ccccc1. The van der Waals surface area contributed by atoms with Crippen LogP contribution in [0.1, 0.15) is 20.7 Å². The molecule has 0 aliphatic heterocycles. The lowest BCUT2D eigenvalue weighted by atomic mass is 9.77. The molecule has 0 saturated carbocycles. The first kappa shape index (κ1) is 39.0. The predicted molar refractivity (Wildman–Crippen MR) is 251 cm³/mol. The lowest BCUT2D eigenvalue weighted by molar-refractivity contribution is 0.0653. The molecule has 0 fully saturated rings. The second-order valence-electron chi connectivity index (χ2n) is 14.7. The minimum Gasteiger partial charge on any atom is -0.478 e. The van der Waals surface area contributed by atoms with Crippen LogP contribution in [0.2, 0.25) is 0 Å². The number of hydrogen-bond acceptors (Lipinski definition) is 4. The Bertz CT molecular complexity index is 2680. The van der Waals surface area contributed by atoms with E-state index in [1.807, 2.05) is 182 Å². The number of hydrogen-bond donors (Lipinski definition) is 2. The van der Waals surface area contributed by atoms with Crippen molar-refractivity contribution in [2.75, 3.05) is 9.80 Å². The molecule has 0 heterocycles. The van der Waals surface area contributed by atoms with Gasteiger partial charge in [0, 0.05) is 45.3 Å². The van der Waals surface area contributed by atoms with Crippen LogP contribution in [-0.2, 0) is 0 Å². The van der Waals surface area contributed by atoms with E-state index in [0.29, 0.717) is 33.4 Å². The molecule has 0 aliphatic carbocycles. The fourth-order valence-electron chi connectivity index (χ4n) is 8.30. The molecule has 9 aromatic rings. The third-order valence-corrected chi connectivity index (χ3v) is 10.9. The number of rotatable bonds is 12. The molecular weight excluding hydrogens is 765 g/mol. The molecule has 0 saturated heterocycles. The van der Waals surface area contributed by atoms with Crippen molar-refractivity contribution in [3.8, 4) is 44.5 Å². The Balaban J connectivity index is 1.34. The molecule has 6 nitrogen and oxygen atoms in total. The summed E-state index contributed by atoms with van der Waals surface area (Å²) in [5.74, 6) is -2.67. The molecule has 298 valence electrons. The van der Waals surface area contributed by atoms with Crippen molar-refractivity contribution >= 4 is 46.1 Å². The van der Waals surface area contributed by atoms with E-state index in [0.717, 1.165) is 45.3 Å². The Morgan fingerprint density at radius 2 is 0.468 bits per heavy atom. The molecule has 9 rings (SSSR count). The van der Waals surface area contributed by atoms with Gasteiger partial charge in [-0.15, -0.1) is 0 Å². The Labute approximate surface area is 360 Å². The molecular formula is C56H40N2O4. The molecule has 0 unspecified atom stereocenters. The normalized spacial score (nSPS) is 10.8. The van der Waals surface area contributed by atoms with E-state index in [9.17, 15) is 19.8 Å². The van der Waals surface area contributed by atoms with Crippen LogP contribution in [0.4, 0.5) is 34.1 Å². The highest BCUT2D eigenvalue weighted by molar-refractivity contribution is 6.18. The summed E-state index contributed by atoms with van der Waals surface area (Å²) in [5, 5.41) is 22.3. The molecule has 0 aromatic heterocycles. The molecule has 2 N–H and O–H groups in total. The van der Waals surface area contributed by atoms with Crippen LogP contribution in [0.3, 0.4) is 0 Å². The van der Waals surface area contributed by atoms with Crippen LogP contribution in [0.25, 0.3) is 44.5 Å². The minimum absolute atomic E-state index is 0.281. The van der Waals surface area contributed by atoms with Crippen molar-refractivity contribution in [3.63, 3.8) is 0 Å². The summed E-state index contributed by atoms with van der Waals surface area (Å²) >= 11 is 0. The van der Waals surface area contributed by atoms with E-state index in [1.165, 1.54) is 0 Å². The van der Waals surface area contributed by atoms with Crippen molar-refractivity contribution in [1.82, 2.24) is 0 Å². The van der Waals surface area contributed by atoms with Crippen molar-refractivity contribution in [2.24, 2.45) is 0 Å². The van der Waals surface area contributed by atoms with E-state index >= 15 is 0 Å². The summed E-state index contributed by atoms with van der Waals surface area (Å²) in [6.45, 7) is 0. The maximum atomic E-state index is 13.7. The van der Waals surface area contributed by atoms with E-state index in [-0.39, 0.29) is 11.1 Å². The van der Waals surface area contributed by atoms with Crippen LogP contribution >= 0.6 is 0 Å². The van der Waals surface area contributed by atoms with Gasteiger partial charge in [0.05, 0.1) is 11.1 Å². The van der Waals surface area contributed by atoms with Gasteiger partial charge < -0.3 is 20.0 Å². The van der Waals surface area contributed by atoms with Gasteiger partial charge >= 0.3 is 11.9 Å². The van der Waals surface area contributed by atoms with Gasteiger partial charge in [0.2, 0.25) is 0 Å². The maximum absolute atomic E-state index is 13.7. The summed E-state index contributed by atoms with van der Waals surface area (Å²) < 4.78 is 0. The summed E-state index contributed by atoms with van der Waals surface area (Å²) in [4.78, 5) is 31.7. The van der Waals surface area contributed by atoms with Gasteiger partial charge in [-0.3, -0.25) is 0 Å². The second kappa shape index (κ2) is 17.4. The van der Waals surface area contributed by atoms with Crippen LogP contribution in [0, 0.1) is 0 Å². The molecule has 0 aliphatic rings. The van der Waals surface area contributed by atoms with E-state index < -0.39 is 11.9 Å². The Morgan fingerprint density at radius 1 is 0.258 bits per heavy atom. The minimum atomic E-state index is -1.33. The fourth-order valence-corrected chi connectivity index (χ4v) is 8.30. The maximum Gasteiger partial charge on any atom is 0.337 e. The first-order valence-electron chi connectivity index (χ1n) is 20.3. The predicted octanol–water partition coefficient (Wildman–Crippen LogP) is 14.7. The third-order valence-electron chi connectivity index (χ3n) is 10.9. The number of aromatic carboxylic acids is 2. The molecule has 6 heteroatoms. The van der Waals surface area contributed by atoms with Gasteiger partial charge in [-0.1, -0.05) is 158 Å². The second-order valence-corrected chi connectivity index (χ2v) is 14.7. The van der Waals surface area contributed by atoms with Gasteiger partial charge in [-0.2, -0.15) is 0 Å². The van der Waals surface area contributed by atoms with Crippen LogP contribution in [0.15, 0.2) is 231 Å². The monoisotopic (exact) mass is 804 g/mol. The van der Waals surface area contributed by atoms with Gasteiger partial charge in [-0.05, 0) is 106 Å². The number of benzene rings is 9. The number of carboxylic acids is 2. The quantitative estimate of drug-likeness (QED) is 0.128. The van der Waals surface area contributed by atoms with Crippen molar-refractivity contribution in [2.45, 2.75) is 0 Å². The van der Waals surface area contributed by atoms with Gasteiger partial charge in [0.25, 0.3) is 0 Å². The fraction of sp³-hybridized carbons (Fsp3) is 0. The smallest absolute Gasteiger partial charge is 0.337 e. The number of carboxylic acid groups (broad SMARTS) is 2. The van der Waals surface area contributed by atoms with E-state index in [2.05, 4.69) is 58.3 Å². The molecule has 0 spiro atoms. The molecule has 0 bridgehead atoms. The Morgan fingerprint density at radius 3 is 0.710 bits per heavy atom.